The van der Waals surface area contributed by atoms with E-state index in [2.05, 4.69) is 17.1 Å². The normalized spacial score (nSPS) is 29.8. The molecule has 2 amide bonds. The summed E-state index contributed by atoms with van der Waals surface area (Å²) in [5.41, 5.74) is 0. The van der Waals surface area contributed by atoms with Crippen LogP contribution in [0.1, 0.15) is 40.5 Å². The number of hydrogen-bond acceptors (Lipinski definition) is 7. The SMILES string of the molecule is CCC[C@@H]1C=C[C@H]2[C@@H](C(=O)N([C@@H](CO)C(C)C)[C@@H]2C(=O)NCCN2CCOCC2)[C@@H]1C(=O)OCC. The molecule has 1 aliphatic carbocycles. The van der Waals surface area contributed by atoms with Crippen LogP contribution in [-0.4, -0.2) is 97.4 Å². The molecule has 2 saturated heterocycles. The molecule has 3 aliphatic rings. The summed E-state index contributed by atoms with van der Waals surface area (Å²) < 4.78 is 10.8. The number of nitrogens with one attached hydrogen (secondary N) is 1. The van der Waals surface area contributed by atoms with Gasteiger partial charge in [0.25, 0.3) is 0 Å². The molecule has 0 aromatic rings. The quantitative estimate of drug-likeness (QED) is 0.327. The molecule has 3 rings (SSSR count). The zero-order chi connectivity index (χ0) is 25.5. The Balaban J connectivity index is 1.88. The van der Waals surface area contributed by atoms with Crippen molar-refractivity contribution >= 4 is 17.8 Å². The van der Waals surface area contributed by atoms with Crippen molar-refractivity contribution < 1.29 is 29.0 Å². The number of fused-ring (bicyclic) bond motifs is 1. The third kappa shape index (κ3) is 6.06. The second kappa shape index (κ2) is 12.8. The Morgan fingerprint density at radius 2 is 1.94 bits per heavy atom. The van der Waals surface area contributed by atoms with Crippen molar-refractivity contribution in [1.29, 1.82) is 0 Å². The minimum atomic E-state index is -0.771. The Kier molecular flexibility index (Phi) is 10.1. The fourth-order valence-electron chi connectivity index (χ4n) is 5.86. The molecule has 0 unspecified atom stereocenters. The number of amides is 2. The second-order valence-electron chi connectivity index (χ2n) is 10.1. The Morgan fingerprint density at radius 1 is 1.23 bits per heavy atom. The van der Waals surface area contributed by atoms with Gasteiger partial charge in [0.05, 0.1) is 44.3 Å². The molecule has 0 aromatic carbocycles. The molecule has 6 atom stereocenters. The highest BCUT2D eigenvalue weighted by molar-refractivity contribution is 5.96. The number of aliphatic hydroxyl groups excluding tert-OH is 1. The van der Waals surface area contributed by atoms with Gasteiger partial charge in [0.15, 0.2) is 0 Å². The minimum Gasteiger partial charge on any atom is -0.466 e. The highest BCUT2D eigenvalue weighted by Gasteiger charge is 2.59. The van der Waals surface area contributed by atoms with Crippen LogP contribution in [0.3, 0.4) is 0 Å². The molecule has 9 nitrogen and oxygen atoms in total. The van der Waals surface area contributed by atoms with Crippen LogP contribution in [0.4, 0.5) is 0 Å². The number of nitrogens with zero attached hydrogens (tertiary/aromatic N) is 2. The molecule has 2 aliphatic heterocycles. The molecule has 0 aromatic heterocycles. The van der Waals surface area contributed by atoms with Crippen LogP contribution in [0.2, 0.25) is 0 Å². The number of allylic oxidation sites excluding steroid dienone is 1. The third-order valence-electron chi connectivity index (χ3n) is 7.64. The number of aliphatic hydroxyl groups is 1. The standard InChI is InChI=1S/C26H43N3O6/c1-5-7-18-8-9-19-22(21(18)26(33)35-6-2)25(32)29(20(16-30)17(3)4)23(19)24(31)27-10-11-28-12-14-34-15-13-28/h8-9,17-23,30H,5-7,10-16H2,1-4H3,(H,27,31)/t18-,19+,20+,21-,22-,23+/m1/s1. The summed E-state index contributed by atoms with van der Waals surface area (Å²) in [4.78, 5) is 44.4. The highest BCUT2D eigenvalue weighted by Crippen LogP contribution is 2.46. The first-order chi connectivity index (χ1) is 16.8. The molecule has 2 heterocycles. The van der Waals surface area contributed by atoms with Gasteiger partial charge in [0, 0.05) is 32.1 Å². The molecular weight excluding hydrogens is 450 g/mol. The molecule has 35 heavy (non-hydrogen) atoms. The fourth-order valence-corrected chi connectivity index (χ4v) is 5.86. The lowest BCUT2D eigenvalue weighted by Crippen LogP contribution is -2.54. The van der Waals surface area contributed by atoms with E-state index in [1.165, 1.54) is 0 Å². The molecule has 2 N–H and O–H groups in total. The molecular formula is C26H43N3O6. The summed E-state index contributed by atoms with van der Waals surface area (Å²) in [7, 11) is 0. The van der Waals surface area contributed by atoms with E-state index >= 15 is 0 Å². The number of morpholine rings is 1. The van der Waals surface area contributed by atoms with Crippen LogP contribution >= 0.6 is 0 Å². The summed E-state index contributed by atoms with van der Waals surface area (Å²) in [6.07, 6.45) is 5.59. The van der Waals surface area contributed by atoms with Gasteiger partial charge < -0.3 is 24.8 Å². The van der Waals surface area contributed by atoms with Gasteiger partial charge in [-0.05, 0) is 25.2 Å². The Labute approximate surface area is 209 Å². The van der Waals surface area contributed by atoms with Gasteiger partial charge in [-0.25, -0.2) is 0 Å². The monoisotopic (exact) mass is 493 g/mol. The number of ether oxygens (including phenoxy) is 2. The van der Waals surface area contributed by atoms with Crippen molar-refractivity contribution in [1.82, 2.24) is 15.1 Å². The van der Waals surface area contributed by atoms with Crippen LogP contribution < -0.4 is 5.32 Å². The first kappa shape index (κ1) is 27.6. The van der Waals surface area contributed by atoms with Crippen molar-refractivity contribution in [3.8, 4) is 0 Å². The second-order valence-corrected chi connectivity index (χ2v) is 10.1. The van der Waals surface area contributed by atoms with Gasteiger partial charge in [-0.15, -0.1) is 0 Å². The number of carbonyl (C=O) groups is 3. The molecule has 0 spiro atoms. The fraction of sp³-hybridized carbons (Fsp3) is 0.808. The Bertz CT molecular complexity index is 766. The van der Waals surface area contributed by atoms with Crippen LogP contribution in [0.25, 0.3) is 0 Å². The van der Waals surface area contributed by atoms with E-state index in [0.29, 0.717) is 26.3 Å². The summed E-state index contributed by atoms with van der Waals surface area (Å²) in [6.45, 7) is 11.9. The van der Waals surface area contributed by atoms with Crippen LogP contribution in [-0.2, 0) is 23.9 Å². The van der Waals surface area contributed by atoms with E-state index in [-0.39, 0.29) is 42.8 Å². The summed E-state index contributed by atoms with van der Waals surface area (Å²) in [5, 5.41) is 13.2. The minimum absolute atomic E-state index is 0.0517. The van der Waals surface area contributed by atoms with Gasteiger partial charge >= 0.3 is 5.97 Å². The van der Waals surface area contributed by atoms with Gasteiger partial charge in [-0.3, -0.25) is 19.3 Å². The van der Waals surface area contributed by atoms with Crippen molar-refractivity contribution in [2.45, 2.75) is 52.6 Å². The van der Waals surface area contributed by atoms with Crippen molar-refractivity contribution in [2.75, 3.05) is 52.6 Å². The van der Waals surface area contributed by atoms with Gasteiger partial charge in [-0.1, -0.05) is 39.3 Å². The number of rotatable bonds is 11. The number of esters is 1. The van der Waals surface area contributed by atoms with E-state index < -0.39 is 29.8 Å². The third-order valence-corrected chi connectivity index (χ3v) is 7.64. The van der Waals surface area contributed by atoms with E-state index in [4.69, 9.17) is 9.47 Å². The lowest BCUT2D eigenvalue weighted by Gasteiger charge is -2.35. The maximum Gasteiger partial charge on any atom is 0.310 e. The van der Waals surface area contributed by atoms with Crippen molar-refractivity contribution in [2.24, 2.45) is 29.6 Å². The predicted octanol–water partition coefficient (Wildman–Crippen LogP) is 1.06. The van der Waals surface area contributed by atoms with E-state index in [9.17, 15) is 19.5 Å². The summed E-state index contributed by atoms with van der Waals surface area (Å²) in [6, 6.07) is -1.28. The Hall–Kier alpha value is -1.97. The average Bonchev–Trinajstić information content (AvgIpc) is 3.12. The van der Waals surface area contributed by atoms with Crippen LogP contribution in [0, 0.1) is 29.6 Å². The van der Waals surface area contributed by atoms with Crippen LogP contribution in [0.15, 0.2) is 12.2 Å². The first-order valence-corrected chi connectivity index (χ1v) is 13.2. The number of likely N-dealkylation sites (tertiary alicyclic amines) is 1. The van der Waals surface area contributed by atoms with Crippen LogP contribution in [0.5, 0.6) is 0 Å². The summed E-state index contributed by atoms with van der Waals surface area (Å²) >= 11 is 0. The zero-order valence-electron chi connectivity index (χ0n) is 21.7. The van der Waals surface area contributed by atoms with Crippen molar-refractivity contribution in [3.63, 3.8) is 0 Å². The van der Waals surface area contributed by atoms with Gasteiger partial charge in [0.1, 0.15) is 6.04 Å². The number of hydrogen-bond donors (Lipinski definition) is 2. The Morgan fingerprint density at radius 3 is 2.54 bits per heavy atom. The van der Waals surface area contributed by atoms with E-state index in [1.54, 1.807) is 11.8 Å². The molecule has 0 saturated carbocycles. The molecule has 0 radical (unpaired) electrons. The zero-order valence-corrected chi connectivity index (χ0v) is 21.7. The molecule has 0 bridgehead atoms. The summed E-state index contributed by atoms with van der Waals surface area (Å²) in [5.74, 6) is -2.75. The molecule has 2 fully saturated rings. The van der Waals surface area contributed by atoms with Crippen molar-refractivity contribution in [3.05, 3.63) is 12.2 Å². The highest BCUT2D eigenvalue weighted by atomic mass is 16.5. The predicted molar refractivity (Wildman–Crippen MR) is 131 cm³/mol. The molecule has 198 valence electrons. The first-order valence-electron chi connectivity index (χ1n) is 13.2. The van der Waals surface area contributed by atoms with Gasteiger partial charge in [-0.2, -0.15) is 0 Å². The largest absolute Gasteiger partial charge is 0.466 e. The average molecular weight is 494 g/mol. The molecule has 9 heteroatoms. The lowest BCUT2D eigenvalue weighted by molar-refractivity contribution is -0.156. The maximum atomic E-state index is 13.9. The maximum absolute atomic E-state index is 13.9. The van der Waals surface area contributed by atoms with E-state index in [1.807, 2.05) is 26.0 Å². The van der Waals surface area contributed by atoms with Gasteiger partial charge in [0.2, 0.25) is 11.8 Å². The smallest absolute Gasteiger partial charge is 0.310 e. The lowest BCUT2D eigenvalue weighted by atomic mass is 9.69. The topological polar surface area (TPSA) is 108 Å². The number of carbonyl (C=O) groups excluding carboxylic acids is 3. The van der Waals surface area contributed by atoms with E-state index in [0.717, 1.165) is 25.9 Å².